The molecule has 1 aliphatic rings. The number of aliphatic hydroxyl groups is 1. The Hall–Kier alpha value is -0.0800. The second kappa shape index (κ2) is 8.97. The van der Waals surface area contributed by atoms with Crippen LogP contribution in [0.4, 0.5) is 0 Å². The molecule has 1 fully saturated rings. The van der Waals surface area contributed by atoms with Gasteiger partial charge in [-0.05, 0) is 31.1 Å². The van der Waals surface area contributed by atoms with Crippen LogP contribution in [-0.2, 0) is 4.74 Å². The molecular weight excluding hydrogens is 236 g/mol. The molecule has 1 saturated carbocycles. The van der Waals surface area contributed by atoms with Gasteiger partial charge in [0.05, 0.1) is 6.10 Å². The molecule has 2 unspecified atom stereocenters. The largest absolute Gasteiger partial charge is 0.396 e. The van der Waals surface area contributed by atoms with Gasteiger partial charge in [-0.15, -0.1) is 0 Å². The van der Waals surface area contributed by atoms with Gasteiger partial charge in [0.1, 0.15) is 0 Å². The maximum absolute atomic E-state index is 9.51. The molecule has 0 aromatic carbocycles. The first kappa shape index (κ1) is 17.0. The first-order valence-corrected chi connectivity index (χ1v) is 8.31. The Morgan fingerprint density at radius 1 is 1.11 bits per heavy atom. The third kappa shape index (κ3) is 6.76. The van der Waals surface area contributed by atoms with E-state index in [0.29, 0.717) is 17.4 Å². The monoisotopic (exact) mass is 270 g/mol. The molecule has 2 atom stereocenters. The molecule has 0 aromatic rings. The summed E-state index contributed by atoms with van der Waals surface area (Å²) in [6.07, 6.45) is 11.6. The summed E-state index contributed by atoms with van der Waals surface area (Å²) in [5.74, 6) is 0.351. The molecule has 0 spiro atoms. The summed E-state index contributed by atoms with van der Waals surface area (Å²) in [6.45, 7) is 8.03. The van der Waals surface area contributed by atoms with Crippen LogP contribution in [0.5, 0.6) is 0 Å². The van der Waals surface area contributed by atoms with Crippen LogP contribution in [0.1, 0.15) is 78.6 Å². The normalized spacial score (nSPS) is 26.5. The molecule has 0 heterocycles. The van der Waals surface area contributed by atoms with Gasteiger partial charge < -0.3 is 9.84 Å². The summed E-state index contributed by atoms with van der Waals surface area (Å²) in [5, 5.41) is 9.51. The van der Waals surface area contributed by atoms with Crippen LogP contribution in [0.2, 0.25) is 0 Å². The Balaban J connectivity index is 2.11. The molecule has 1 rings (SSSR count). The van der Waals surface area contributed by atoms with E-state index >= 15 is 0 Å². The van der Waals surface area contributed by atoms with E-state index in [2.05, 4.69) is 20.8 Å². The van der Waals surface area contributed by atoms with Crippen molar-refractivity contribution in [1.82, 2.24) is 0 Å². The van der Waals surface area contributed by atoms with Gasteiger partial charge >= 0.3 is 0 Å². The van der Waals surface area contributed by atoms with E-state index < -0.39 is 0 Å². The van der Waals surface area contributed by atoms with Crippen LogP contribution in [0.3, 0.4) is 0 Å². The highest BCUT2D eigenvalue weighted by molar-refractivity contribution is 4.85. The van der Waals surface area contributed by atoms with Gasteiger partial charge in [0.2, 0.25) is 0 Å². The van der Waals surface area contributed by atoms with E-state index in [1.807, 2.05) is 0 Å². The predicted molar refractivity (Wildman–Crippen MR) is 81.3 cm³/mol. The minimum Gasteiger partial charge on any atom is -0.396 e. The highest BCUT2D eigenvalue weighted by Gasteiger charge is 2.34. The minimum atomic E-state index is 0.282. The van der Waals surface area contributed by atoms with Gasteiger partial charge in [0.15, 0.2) is 0 Å². The maximum Gasteiger partial charge on any atom is 0.0625 e. The summed E-state index contributed by atoms with van der Waals surface area (Å²) < 4.78 is 6.03. The highest BCUT2D eigenvalue weighted by Crippen LogP contribution is 2.39. The topological polar surface area (TPSA) is 29.5 Å². The Kier molecular flexibility index (Phi) is 8.01. The van der Waals surface area contributed by atoms with Crippen molar-refractivity contribution in [3.05, 3.63) is 0 Å². The summed E-state index contributed by atoms with van der Waals surface area (Å²) in [5.41, 5.74) is 0.382. The Bertz CT molecular complexity index is 225. The van der Waals surface area contributed by atoms with Crippen LogP contribution < -0.4 is 0 Å². The average molecular weight is 270 g/mol. The van der Waals surface area contributed by atoms with Gasteiger partial charge in [-0.1, -0.05) is 52.9 Å². The molecule has 0 aromatic heterocycles. The van der Waals surface area contributed by atoms with Crippen molar-refractivity contribution in [2.75, 3.05) is 13.2 Å². The third-order valence-corrected chi connectivity index (χ3v) is 4.51. The standard InChI is InChI=1S/C17H34O2/c1-4-5-6-7-8-9-12-19-16-10-11-17(2,3)13-15(16)14-18/h15-16,18H,4-14H2,1-3H3. The van der Waals surface area contributed by atoms with Gasteiger partial charge in [-0.2, -0.15) is 0 Å². The molecule has 0 amide bonds. The molecule has 0 aliphatic heterocycles. The smallest absolute Gasteiger partial charge is 0.0625 e. The first-order valence-electron chi connectivity index (χ1n) is 8.31. The number of ether oxygens (including phenoxy) is 1. The third-order valence-electron chi connectivity index (χ3n) is 4.51. The lowest BCUT2D eigenvalue weighted by Crippen LogP contribution is -2.37. The fourth-order valence-electron chi connectivity index (χ4n) is 3.23. The Labute approximate surface area is 119 Å². The Morgan fingerprint density at radius 2 is 1.79 bits per heavy atom. The maximum atomic E-state index is 9.51. The zero-order chi connectivity index (χ0) is 14.1. The van der Waals surface area contributed by atoms with Crippen LogP contribution in [-0.4, -0.2) is 24.4 Å². The number of rotatable bonds is 9. The number of aliphatic hydroxyl groups excluding tert-OH is 1. The zero-order valence-electron chi connectivity index (χ0n) is 13.3. The predicted octanol–water partition coefficient (Wildman–Crippen LogP) is 4.55. The lowest BCUT2D eigenvalue weighted by Gasteiger charge is -2.39. The van der Waals surface area contributed by atoms with Gasteiger partial charge in [0.25, 0.3) is 0 Å². The van der Waals surface area contributed by atoms with Crippen LogP contribution in [0.25, 0.3) is 0 Å². The van der Waals surface area contributed by atoms with Gasteiger partial charge in [-0.3, -0.25) is 0 Å². The first-order chi connectivity index (χ1) is 9.09. The van der Waals surface area contributed by atoms with Crippen LogP contribution in [0, 0.1) is 11.3 Å². The minimum absolute atomic E-state index is 0.282. The van der Waals surface area contributed by atoms with Gasteiger partial charge in [-0.25, -0.2) is 0 Å². The van der Waals surface area contributed by atoms with E-state index in [1.165, 1.54) is 44.9 Å². The van der Waals surface area contributed by atoms with Gasteiger partial charge in [0, 0.05) is 19.1 Å². The van der Waals surface area contributed by atoms with E-state index in [-0.39, 0.29) is 6.61 Å². The number of hydrogen-bond acceptors (Lipinski definition) is 2. The molecule has 2 heteroatoms. The second-order valence-corrected chi connectivity index (χ2v) is 7.03. The fraction of sp³-hybridized carbons (Fsp3) is 1.00. The van der Waals surface area contributed by atoms with Crippen molar-refractivity contribution >= 4 is 0 Å². The molecule has 1 N–H and O–H groups in total. The quantitative estimate of drug-likeness (QED) is 0.623. The molecule has 0 radical (unpaired) electrons. The summed E-state index contributed by atoms with van der Waals surface area (Å²) in [6, 6.07) is 0. The molecule has 0 saturated heterocycles. The number of hydrogen-bond donors (Lipinski definition) is 1. The summed E-state index contributed by atoms with van der Waals surface area (Å²) >= 11 is 0. The van der Waals surface area contributed by atoms with E-state index in [4.69, 9.17) is 4.74 Å². The molecule has 114 valence electrons. The van der Waals surface area contributed by atoms with Crippen molar-refractivity contribution in [3.63, 3.8) is 0 Å². The lowest BCUT2D eigenvalue weighted by atomic mass is 9.71. The van der Waals surface area contributed by atoms with Crippen LogP contribution in [0.15, 0.2) is 0 Å². The van der Waals surface area contributed by atoms with Crippen LogP contribution >= 0.6 is 0 Å². The number of unbranched alkanes of at least 4 members (excludes halogenated alkanes) is 5. The van der Waals surface area contributed by atoms with Crippen molar-refractivity contribution in [1.29, 1.82) is 0 Å². The Morgan fingerprint density at radius 3 is 2.47 bits per heavy atom. The molecule has 19 heavy (non-hydrogen) atoms. The molecule has 1 aliphatic carbocycles. The van der Waals surface area contributed by atoms with E-state index in [1.54, 1.807) is 0 Å². The summed E-state index contributed by atoms with van der Waals surface area (Å²) in [4.78, 5) is 0. The highest BCUT2D eigenvalue weighted by atomic mass is 16.5. The van der Waals surface area contributed by atoms with E-state index in [9.17, 15) is 5.11 Å². The average Bonchev–Trinajstić information content (AvgIpc) is 2.38. The zero-order valence-corrected chi connectivity index (χ0v) is 13.3. The van der Waals surface area contributed by atoms with E-state index in [0.717, 1.165) is 19.4 Å². The van der Waals surface area contributed by atoms with Crippen molar-refractivity contribution in [3.8, 4) is 0 Å². The second-order valence-electron chi connectivity index (χ2n) is 7.03. The SMILES string of the molecule is CCCCCCCCOC1CCC(C)(C)CC1CO. The van der Waals surface area contributed by atoms with Crippen molar-refractivity contribution in [2.45, 2.75) is 84.7 Å². The molecule has 2 nitrogen and oxygen atoms in total. The van der Waals surface area contributed by atoms with Crippen molar-refractivity contribution in [2.24, 2.45) is 11.3 Å². The lowest BCUT2D eigenvalue weighted by molar-refractivity contribution is -0.0556. The summed E-state index contributed by atoms with van der Waals surface area (Å²) in [7, 11) is 0. The van der Waals surface area contributed by atoms with Crippen molar-refractivity contribution < 1.29 is 9.84 Å². The molecule has 0 bridgehead atoms. The fourth-order valence-corrected chi connectivity index (χ4v) is 3.23. The molecular formula is C17H34O2.